The molecule has 1 saturated heterocycles. The molecular formula is C22H23ClN4O2. The van der Waals surface area contributed by atoms with Gasteiger partial charge in [-0.2, -0.15) is 4.98 Å². The largest absolute Gasteiger partial charge is 0.340 e. The molecule has 1 amide bonds. The molecule has 0 aliphatic carbocycles. The van der Waals surface area contributed by atoms with Crippen LogP contribution in [0.25, 0.3) is 11.4 Å². The number of nitrogens with zero attached hydrogens (tertiary/aromatic N) is 4. The minimum atomic E-state index is 0.131. The Labute approximate surface area is 175 Å². The third-order valence-corrected chi connectivity index (χ3v) is 5.31. The molecule has 0 bridgehead atoms. The van der Waals surface area contributed by atoms with Crippen LogP contribution < -0.4 is 0 Å². The van der Waals surface area contributed by atoms with Gasteiger partial charge in [0.15, 0.2) is 0 Å². The highest BCUT2D eigenvalue weighted by atomic mass is 35.5. The minimum absolute atomic E-state index is 0.131. The first-order chi connectivity index (χ1) is 14.2. The number of amides is 1. The summed E-state index contributed by atoms with van der Waals surface area (Å²) in [6.45, 7) is 4.21. The molecule has 0 N–H and O–H groups in total. The van der Waals surface area contributed by atoms with E-state index in [1.54, 1.807) is 12.1 Å². The van der Waals surface area contributed by atoms with Crippen molar-refractivity contribution < 1.29 is 9.32 Å². The number of halogens is 1. The number of carbonyl (C=O) groups excluding carboxylic acids is 1. The summed E-state index contributed by atoms with van der Waals surface area (Å²) >= 11 is 6.01. The minimum Gasteiger partial charge on any atom is -0.340 e. The number of aromatic nitrogens is 2. The van der Waals surface area contributed by atoms with Crippen molar-refractivity contribution in [2.24, 2.45) is 0 Å². The number of benzene rings is 2. The zero-order chi connectivity index (χ0) is 20.1. The Morgan fingerprint density at radius 3 is 2.59 bits per heavy atom. The molecule has 1 aromatic heterocycles. The van der Waals surface area contributed by atoms with E-state index in [1.165, 1.54) is 5.56 Å². The summed E-state index contributed by atoms with van der Waals surface area (Å²) in [7, 11) is 0. The Bertz CT molecular complexity index is 952. The van der Waals surface area contributed by atoms with E-state index < -0.39 is 0 Å². The Hall–Kier alpha value is -2.70. The highest BCUT2D eigenvalue weighted by Crippen LogP contribution is 2.20. The molecule has 0 unspecified atom stereocenters. The molecular weight excluding hydrogens is 388 g/mol. The van der Waals surface area contributed by atoms with Gasteiger partial charge >= 0.3 is 0 Å². The van der Waals surface area contributed by atoms with Crippen molar-refractivity contribution in [1.29, 1.82) is 0 Å². The van der Waals surface area contributed by atoms with Gasteiger partial charge in [-0.25, -0.2) is 0 Å². The van der Waals surface area contributed by atoms with E-state index in [4.69, 9.17) is 16.1 Å². The fraction of sp³-hybridized carbons (Fsp3) is 0.318. The highest BCUT2D eigenvalue weighted by molar-refractivity contribution is 6.30. The van der Waals surface area contributed by atoms with Crippen LogP contribution in [0.3, 0.4) is 0 Å². The molecule has 2 aromatic carbocycles. The van der Waals surface area contributed by atoms with E-state index in [-0.39, 0.29) is 5.91 Å². The van der Waals surface area contributed by atoms with Crippen molar-refractivity contribution in [2.45, 2.75) is 19.4 Å². The zero-order valence-corrected chi connectivity index (χ0v) is 16.9. The number of hydrogen-bond donors (Lipinski definition) is 0. The molecule has 2 heterocycles. The summed E-state index contributed by atoms with van der Waals surface area (Å²) in [5, 5.41) is 4.61. The number of aryl methyl sites for hydroxylation is 1. The summed E-state index contributed by atoms with van der Waals surface area (Å²) in [6, 6.07) is 17.7. The molecule has 0 radical (unpaired) electrons. The maximum atomic E-state index is 12.6. The first kappa shape index (κ1) is 19.6. The average molecular weight is 411 g/mol. The van der Waals surface area contributed by atoms with Gasteiger partial charge in [-0.3, -0.25) is 9.69 Å². The maximum Gasteiger partial charge on any atom is 0.227 e. The van der Waals surface area contributed by atoms with E-state index in [1.807, 2.05) is 23.1 Å². The first-order valence-electron chi connectivity index (χ1n) is 9.80. The van der Waals surface area contributed by atoms with Crippen molar-refractivity contribution in [3.05, 3.63) is 71.1 Å². The van der Waals surface area contributed by atoms with E-state index in [2.05, 4.69) is 39.3 Å². The van der Waals surface area contributed by atoms with Gasteiger partial charge in [0.1, 0.15) is 0 Å². The fourth-order valence-electron chi connectivity index (χ4n) is 3.47. The first-order valence-corrected chi connectivity index (χ1v) is 10.2. The van der Waals surface area contributed by atoms with Crippen LogP contribution in [-0.4, -0.2) is 52.0 Å². The zero-order valence-electron chi connectivity index (χ0n) is 16.1. The van der Waals surface area contributed by atoms with Crippen molar-refractivity contribution in [2.75, 3.05) is 26.2 Å². The Morgan fingerprint density at radius 2 is 1.83 bits per heavy atom. The maximum absolute atomic E-state index is 12.6. The normalized spacial score (nSPS) is 14.9. The number of carbonyl (C=O) groups is 1. The second kappa shape index (κ2) is 9.20. The molecule has 7 heteroatoms. The third kappa shape index (κ3) is 5.22. The van der Waals surface area contributed by atoms with Gasteiger partial charge in [-0.15, -0.1) is 0 Å². The Kier molecular flexibility index (Phi) is 6.22. The Morgan fingerprint density at radius 1 is 1.03 bits per heavy atom. The predicted octanol–water partition coefficient (Wildman–Crippen LogP) is 3.67. The molecule has 0 atom stereocenters. The van der Waals surface area contributed by atoms with Gasteiger partial charge in [-0.05, 0) is 17.7 Å². The number of piperazine rings is 1. The highest BCUT2D eigenvalue weighted by Gasteiger charge is 2.21. The lowest BCUT2D eigenvalue weighted by atomic mass is 10.2. The van der Waals surface area contributed by atoms with Crippen LogP contribution in [0.5, 0.6) is 0 Å². The molecule has 3 aromatic rings. The predicted molar refractivity (Wildman–Crippen MR) is 111 cm³/mol. The van der Waals surface area contributed by atoms with Crippen LogP contribution >= 0.6 is 11.6 Å². The van der Waals surface area contributed by atoms with Crippen molar-refractivity contribution >= 4 is 17.5 Å². The second-order valence-corrected chi connectivity index (χ2v) is 7.60. The smallest absolute Gasteiger partial charge is 0.227 e. The summed E-state index contributed by atoms with van der Waals surface area (Å²) in [5.74, 6) is 1.09. The lowest BCUT2D eigenvalue weighted by Crippen LogP contribution is -2.48. The van der Waals surface area contributed by atoms with Crippen LogP contribution in [0.2, 0.25) is 5.02 Å². The quantitative estimate of drug-likeness (QED) is 0.620. The summed E-state index contributed by atoms with van der Waals surface area (Å²) in [5.41, 5.74) is 2.10. The third-order valence-electron chi connectivity index (χ3n) is 5.08. The van der Waals surface area contributed by atoms with Crippen LogP contribution in [0.15, 0.2) is 59.1 Å². The van der Waals surface area contributed by atoms with Crippen LogP contribution in [0.1, 0.15) is 17.9 Å². The van der Waals surface area contributed by atoms with E-state index >= 15 is 0 Å². The van der Waals surface area contributed by atoms with Crippen molar-refractivity contribution in [3.8, 4) is 11.4 Å². The second-order valence-electron chi connectivity index (χ2n) is 7.16. The summed E-state index contributed by atoms with van der Waals surface area (Å²) in [4.78, 5) is 21.2. The van der Waals surface area contributed by atoms with Crippen LogP contribution in [0, 0.1) is 0 Å². The van der Waals surface area contributed by atoms with Gasteiger partial charge in [0.2, 0.25) is 17.6 Å². The monoisotopic (exact) mass is 410 g/mol. The van der Waals surface area contributed by atoms with E-state index in [0.717, 1.165) is 38.3 Å². The van der Waals surface area contributed by atoms with E-state index in [9.17, 15) is 4.79 Å². The molecule has 1 aliphatic heterocycles. The topological polar surface area (TPSA) is 62.5 Å². The number of hydrogen-bond acceptors (Lipinski definition) is 5. The molecule has 6 nitrogen and oxygen atoms in total. The molecule has 150 valence electrons. The molecule has 4 rings (SSSR count). The van der Waals surface area contributed by atoms with Crippen molar-refractivity contribution in [3.63, 3.8) is 0 Å². The lowest BCUT2D eigenvalue weighted by molar-refractivity contribution is -0.133. The fourth-order valence-corrected chi connectivity index (χ4v) is 3.66. The lowest BCUT2D eigenvalue weighted by Gasteiger charge is -2.34. The number of rotatable bonds is 6. The van der Waals surface area contributed by atoms with Gasteiger partial charge in [0.25, 0.3) is 0 Å². The molecule has 29 heavy (non-hydrogen) atoms. The molecule has 1 fully saturated rings. The molecule has 0 spiro atoms. The van der Waals surface area contributed by atoms with Gasteiger partial charge in [-0.1, -0.05) is 59.2 Å². The SMILES string of the molecule is O=C(CCc1nc(-c2cccc(Cl)c2)no1)N1CCN(Cc2ccccc2)CC1. The summed E-state index contributed by atoms with van der Waals surface area (Å²) in [6.07, 6.45) is 0.812. The summed E-state index contributed by atoms with van der Waals surface area (Å²) < 4.78 is 5.30. The van der Waals surface area contributed by atoms with Crippen LogP contribution in [0.4, 0.5) is 0 Å². The van der Waals surface area contributed by atoms with Gasteiger partial charge in [0, 0.05) is 56.2 Å². The van der Waals surface area contributed by atoms with Gasteiger partial charge in [0.05, 0.1) is 0 Å². The average Bonchev–Trinajstić information content (AvgIpc) is 3.22. The Balaban J connectivity index is 1.24. The van der Waals surface area contributed by atoms with Crippen LogP contribution in [-0.2, 0) is 17.8 Å². The molecule has 0 saturated carbocycles. The van der Waals surface area contributed by atoms with E-state index in [0.29, 0.717) is 29.6 Å². The standard InChI is InChI=1S/C22H23ClN4O2/c23-19-8-4-7-18(15-19)22-24-20(29-25-22)9-10-21(28)27-13-11-26(12-14-27)16-17-5-2-1-3-6-17/h1-8,15H,9-14,16H2. The molecule has 1 aliphatic rings. The van der Waals surface area contributed by atoms with Gasteiger partial charge < -0.3 is 9.42 Å². The van der Waals surface area contributed by atoms with Crippen molar-refractivity contribution in [1.82, 2.24) is 19.9 Å².